The van der Waals surface area contributed by atoms with E-state index in [4.69, 9.17) is 5.11 Å². The molecular weight excluding hydrogens is 213 g/mol. The van der Waals surface area contributed by atoms with Gasteiger partial charge in [0.25, 0.3) is 5.91 Å². The Balaban J connectivity index is 2.73. The number of aliphatic hydroxyl groups is 1. The maximum atomic E-state index is 13.2. The average Bonchev–Trinajstić information content (AvgIpc) is 2.25. The summed E-state index contributed by atoms with van der Waals surface area (Å²) in [5.41, 5.74) is -0.368. The van der Waals surface area contributed by atoms with Crippen LogP contribution in [0.2, 0.25) is 0 Å². The minimum atomic E-state index is -0.769. The van der Waals surface area contributed by atoms with E-state index in [0.29, 0.717) is 0 Å². The van der Waals surface area contributed by atoms with Crippen LogP contribution in [0.1, 0.15) is 17.3 Å². The van der Waals surface area contributed by atoms with Crippen molar-refractivity contribution >= 4 is 5.91 Å². The molecule has 0 saturated carbocycles. The van der Waals surface area contributed by atoms with Crippen LogP contribution in [0.4, 0.5) is 4.39 Å². The van der Waals surface area contributed by atoms with Crippen molar-refractivity contribution in [1.29, 1.82) is 0 Å². The number of nitrogens with one attached hydrogen (secondary N) is 1. The van der Waals surface area contributed by atoms with Crippen molar-refractivity contribution in [2.24, 2.45) is 5.92 Å². The molecule has 5 heteroatoms. The number of carbonyl (C=O) groups excluding carboxylic acids is 1. The third kappa shape index (κ3) is 2.93. The van der Waals surface area contributed by atoms with Crippen LogP contribution in [0.25, 0.3) is 0 Å². The van der Waals surface area contributed by atoms with Gasteiger partial charge in [-0.1, -0.05) is 13.0 Å². The Morgan fingerprint density at radius 2 is 2.25 bits per heavy atom. The number of benzene rings is 1. The molecule has 1 rings (SSSR count). The summed E-state index contributed by atoms with van der Waals surface area (Å²) in [6.45, 7) is 1.90. The lowest BCUT2D eigenvalue weighted by Gasteiger charge is -2.10. The summed E-state index contributed by atoms with van der Waals surface area (Å²) in [4.78, 5) is 11.5. The molecule has 0 saturated heterocycles. The highest BCUT2D eigenvalue weighted by molar-refractivity contribution is 5.97. The van der Waals surface area contributed by atoms with Crippen LogP contribution in [0.3, 0.4) is 0 Å². The summed E-state index contributed by atoms with van der Waals surface area (Å²) in [5, 5.41) is 20.5. The first kappa shape index (κ1) is 12.4. The molecule has 0 bridgehead atoms. The number of carbonyl (C=O) groups is 1. The molecule has 0 aliphatic carbocycles. The van der Waals surface area contributed by atoms with Gasteiger partial charge in [-0.25, -0.2) is 4.39 Å². The molecule has 1 unspecified atom stereocenters. The van der Waals surface area contributed by atoms with Crippen molar-refractivity contribution in [3.63, 3.8) is 0 Å². The molecule has 16 heavy (non-hydrogen) atoms. The maximum Gasteiger partial charge on any atom is 0.258 e. The molecule has 1 aromatic carbocycles. The molecule has 0 aliphatic heterocycles. The number of hydrogen-bond acceptors (Lipinski definition) is 3. The lowest BCUT2D eigenvalue weighted by atomic mass is 10.1. The molecule has 3 N–H and O–H groups in total. The first-order chi connectivity index (χ1) is 7.56. The molecule has 0 fully saturated rings. The Bertz CT molecular complexity index is 361. The van der Waals surface area contributed by atoms with Gasteiger partial charge < -0.3 is 15.5 Å². The molecule has 0 radical (unpaired) electrons. The molecule has 1 aromatic rings. The third-order valence-electron chi connectivity index (χ3n) is 2.14. The fourth-order valence-corrected chi connectivity index (χ4v) is 1.16. The average molecular weight is 227 g/mol. The molecule has 0 spiro atoms. The Morgan fingerprint density at radius 1 is 1.56 bits per heavy atom. The number of phenols is 1. The third-order valence-corrected chi connectivity index (χ3v) is 2.14. The summed E-state index contributed by atoms with van der Waals surface area (Å²) in [7, 11) is 0. The Morgan fingerprint density at radius 3 is 2.81 bits per heavy atom. The van der Waals surface area contributed by atoms with E-state index in [0.717, 1.165) is 6.07 Å². The quantitative estimate of drug-likeness (QED) is 0.715. The van der Waals surface area contributed by atoms with Crippen LogP contribution < -0.4 is 5.32 Å². The molecule has 4 nitrogen and oxygen atoms in total. The normalized spacial score (nSPS) is 12.2. The van der Waals surface area contributed by atoms with Crippen LogP contribution in [-0.2, 0) is 0 Å². The van der Waals surface area contributed by atoms with E-state index in [9.17, 15) is 14.3 Å². The topological polar surface area (TPSA) is 69.6 Å². The zero-order valence-corrected chi connectivity index (χ0v) is 8.90. The molecule has 0 heterocycles. The minimum Gasteiger partial charge on any atom is -0.507 e. The number of halogens is 1. The lowest BCUT2D eigenvalue weighted by Crippen LogP contribution is -2.30. The number of aliphatic hydroxyl groups excluding tert-OH is 1. The van der Waals surface area contributed by atoms with E-state index >= 15 is 0 Å². The summed E-state index contributed by atoms with van der Waals surface area (Å²) < 4.78 is 13.2. The van der Waals surface area contributed by atoms with Gasteiger partial charge in [-0.2, -0.15) is 0 Å². The highest BCUT2D eigenvalue weighted by Gasteiger charge is 2.16. The summed E-state index contributed by atoms with van der Waals surface area (Å²) in [5.74, 6) is -1.96. The first-order valence-corrected chi connectivity index (χ1v) is 4.92. The maximum absolute atomic E-state index is 13.2. The predicted molar refractivity (Wildman–Crippen MR) is 56.6 cm³/mol. The lowest BCUT2D eigenvalue weighted by molar-refractivity contribution is 0.0935. The highest BCUT2D eigenvalue weighted by atomic mass is 19.1. The van der Waals surface area contributed by atoms with Gasteiger partial charge in [0.2, 0.25) is 0 Å². The van der Waals surface area contributed by atoms with Gasteiger partial charge in [0.05, 0.1) is 0 Å². The summed E-state index contributed by atoms with van der Waals surface area (Å²) in [6, 6.07) is 3.66. The smallest absolute Gasteiger partial charge is 0.258 e. The second kappa shape index (κ2) is 5.46. The van der Waals surface area contributed by atoms with Crippen LogP contribution in [0.15, 0.2) is 18.2 Å². The number of phenolic OH excluding ortho intramolecular Hbond substituents is 1. The number of rotatable bonds is 4. The van der Waals surface area contributed by atoms with Crippen molar-refractivity contribution < 1.29 is 19.4 Å². The van der Waals surface area contributed by atoms with Crippen LogP contribution in [-0.4, -0.2) is 29.3 Å². The van der Waals surface area contributed by atoms with Crippen molar-refractivity contribution in [3.8, 4) is 5.75 Å². The summed E-state index contributed by atoms with van der Waals surface area (Å²) >= 11 is 0. The number of amides is 1. The standard InChI is InChI=1S/C11H14FNO3/c1-7(6-14)5-13-11(16)10-8(12)3-2-4-9(10)15/h2-4,7,14-15H,5-6H2,1H3,(H,13,16). The van der Waals surface area contributed by atoms with E-state index < -0.39 is 17.5 Å². The second-order valence-corrected chi connectivity index (χ2v) is 3.63. The van der Waals surface area contributed by atoms with E-state index in [1.165, 1.54) is 12.1 Å². The van der Waals surface area contributed by atoms with E-state index in [1.54, 1.807) is 6.92 Å². The Hall–Kier alpha value is -1.62. The number of aromatic hydroxyl groups is 1. The SMILES string of the molecule is CC(CO)CNC(=O)c1c(O)cccc1F. The zero-order chi connectivity index (χ0) is 12.1. The van der Waals surface area contributed by atoms with E-state index in [1.807, 2.05) is 0 Å². The fraction of sp³-hybridized carbons (Fsp3) is 0.364. The Labute approximate surface area is 92.7 Å². The van der Waals surface area contributed by atoms with Gasteiger partial charge in [0.1, 0.15) is 17.1 Å². The molecule has 0 aliphatic rings. The van der Waals surface area contributed by atoms with Crippen molar-refractivity contribution in [2.45, 2.75) is 6.92 Å². The van der Waals surface area contributed by atoms with Gasteiger partial charge in [-0.05, 0) is 18.1 Å². The zero-order valence-electron chi connectivity index (χ0n) is 8.90. The van der Waals surface area contributed by atoms with Crippen LogP contribution >= 0.6 is 0 Å². The van der Waals surface area contributed by atoms with E-state index in [-0.39, 0.29) is 24.6 Å². The van der Waals surface area contributed by atoms with Crippen molar-refractivity contribution in [1.82, 2.24) is 5.32 Å². The van der Waals surface area contributed by atoms with E-state index in [2.05, 4.69) is 5.32 Å². The largest absolute Gasteiger partial charge is 0.507 e. The molecule has 1 amide bonds. The molecule has 88 valence electrons. The summed E-state index contributed by atoms with van der Waals surface area (Å²) in [6.07, 6.45) is 0. The first-order valence-electron chi connectivity index (χ1n) is 4.92. The molecule has 0 aromatic heterocycles. The predicted octanol–water partition coefficient (Wildman–Crippen LogP) is 0.889. The molecule has 1 atom stereocenters. The fourth-order valence-electron chi connectivity index (χ4n) is 1.16. The molecular formula is C11H14FNO3. The highest BCUT2D eigenvalue weighted by Crippen LogP contribution is 2.19. The van der Waals surface area contributed by atoms with Gasteiger partial charge in [-0.15, -0.1) is 0 Å². The van der Waals surface area contributed by atoms with Gasteiger partial charge in [-0.3, -0.25) is 4.79 Å². The van der Waals surface area contributed by atoms with Crippen molar-refractivity contribution in [3.05, 3.63) is 29.6 Å². The van der Waals surface area contributed by atoms with Gasteiger partial charge >= 0.3 is 0 Å². The van der Waals surface area contributed by atoms with Crippen LogP contribution in [0.5, 0.6) is 5.75 Å². The monoisotopic (exact) mass is 227 g/mol. The number of hydrogen-bond donors (Lipinski definition) is 3. The minimum absolute atomic E-state index is 0.0659. The van der Waals surface area contributed by atoms with Crippen molar-refractivity contribution in [2.75, 3.05) is 13.2 Å². The Kier molecular flexibility index (Phi) is 4.25. The van der Waals surface area contributed by atoms with Gasteiger partial charge in [0, 0.05) is 13.2 Å². The second-order valence-electron chi connectivity index (χ2n) is 3.63. The van der Waals surface area contributed by atoms with Gasteiger partial charge in [0.15, 0.2) is 0 Å². The van der Waals surface area contributed by atoms with Crippen LogP contribution in [0, 0.1) is 11.7 Å².